The van der Waals surface area contributed by atoms with Crippen LogP contribution in [0.2, 0.25) is 5.02 Å². The molecule has 1 aromatic rings. The summed E-state index contributed by atoms with van der Waals surface area (Å²) in [4.78, 5) is 10.1. The fourth-order valence-corrected chi connectivity index (χ4v) is 3.14. The molecule has 1 atom stereocenters. The Morgan fingerprint density at radius 3 is 2.41 bits per heavy atom. The Kier molecular flexibility index (Phi) is 5.47. The summed E-state index contributed by atoms with van der Waals surface area (Å²) in [6.07, 6.45) is -4.80. The maximum atomic E-state index is 12.8. The molecule has 1 unspecified atom stereocenters. The maximum Gasteiger partial charge on any atom is 0.417 e. The van der Waals surface area contributed by atoms with Gasteiger partial charge in [-0.3, -0.25) is 4.79 Å². The molecule has 1 aromatic carbocycles. The summed E-state index contributed by atoms with van der Waals surface area (Å²) >= 11 is 5.43. The summed E-state index contributed by atoms with van der Waals surface area (Å²) in [6.45, 7) is 0.916. The number of alkyl halides is 3. The van der Waals surface area contributed by atoms with Crippen LogP contribution in [0, 0.1) is 5.92 Å². The van der Waals surface area contributed by atoms with Crippen molar-refractivity contribution in [3.8, 4) is 0 Å². The van der Waals surface area contributed by atoms with Gasteiger partial charge in [-0.1, -0.05) is 18.5 Å². The molecule has 1 N–H and O–H groups in total. The van der Waals surface area contributed by atoms with E-state index < -0.39 is 43.6 Å². The third-order valence-electron chi connectivity index (χ3n) is 2.90. The Bertz CT molecular complexity index is 675. The van der Waals surface area contributed by atoms with Gasteiger partial charge in [0, 0.05) is 13.6 Å². The fourth-order valence-electron chi connectivity index (χ4n) is 1.62. The van der Waals surface area contributed by atoms with Crippen LogP contribution in [0.15, 0.2) is 23.1 Å². The summed E-state index contributed by atoms with van der Waals surface area (Å²) in [6, 6.07) is 2.21. The van der Waals surface area contributed by atoms with E-state index in [-0.39, 0.29) is 6.54 Å². The van der Waals surface area contributed by atoms with Crippen LogP contribution >= 0.6 is 11.6 Å². The number of benzene rings is 1. The highest BCUT2D eigenvalue weighted by Gasteiger charge is 2.35. The molecule has 124 valence electrons. The predicted octanol–water partition coefficient (Wildman–Crippen LogP) is 2.70. The van der Waals surface area contributed by atoms with Crippen molar-refractivity contribution in [2.45, 2.75) is 18.0 Å². The molecule has 0 aliphatic carbocycles. The smallest absolute Gasteiger partial charge is 0.417 e. The van der Waals surface area contributed by atoms with Crippen molar-refractivity contribution in [1.82, 2.24) is 4.31 Å². The Balaban J connectivity index is 3.21. The Morgan fingerprint density at radius 1 is 1.41 bits per heavy atom. The first-order valence-corrected chi connectivity index (χ1v) is 7.75. The molecule has 0 saturated carbocycles. The second kappa shape index (κ2) is 6.43. The van der Waals surface area contributed by atoms with Gasteiger partial charge in [0.25, 0.3) is 0 Å². The summed E-state index contributed by atoms with van der Waals surface area (Å²) < 4.78 is 63.4. The van der Waals surface area contributed by atoms with E-state index in [9.17, 15) is 26.4 Å². The Labute approximate surface area is 130 Å². The highest BCUT2D eigenvalue weighted by molar-refractivity contribution is 7.89. The summed E-state index contributed by atoms with van der Waals surface area (Å²) in [7, 11) is -3.16. The zero-order valence-electron chi connectivity index (χ0n) is 11.6. The van der Waals surface area contributed by atoms with Gasteiger partial charge in [-0.2, -0.15) is 13.2 Å². The van der Waals surface area contributed by atoms with Gasteiger partial charge in [-0.05, 0) is 18.2 Å². The molecule has 0 amide bonds. The van der Waals surface area contributed by atoms with Crippen LogP contribution in [0.1, 0.15) is 12.5 Å². The molecule has 0 aliphatic rings. The van der Waals surface area contributed by atoms with Gasteiger partial charge < -0.3 is 5.11 Å². The number of sulfonamides is 1. The molecule has 0 radical (unpaired) electrons. The zero-order valence-corrected chi connectivity index (χ0v) is 13.1. The normalized spacial score (nSPS) is 14.1. The van der Waals surface area contributed by atoms with E-state index in [2.05, 4.69) is 0 Å². The minimum atomic E-state index is -4.80. The molecular formula is C12H13ClF3NO4S. The van der Waals surface area contributed by atoms with Crippen LogP contribution < -0.4 is 0 Å². The average molecular weight is 360 g/mol. The first-order valence-electron chi connectivity index (χ1n) is 5.93. The molecule has 0 aromatic heterocycles. The fraction of sp³-hybridized carbons (Fsp3) is 0.417. The second-order valence-corrected chi connectivity index (χ2v) is 7.12. The van der Waals surface area contributed by atoms with E-state index in [4.69, 9.17) is 16.7 Å². The van der Waals surface area contributed by atoms with Gasteiger partial charge in [0.05, 0.1) is 21.4 Å². The molecule has 5 nitrogen and oxygen atoms in total. The minimum Gasteiger partial charge on any atom is -0.481 e. The third-order valence-corrected chi connectivity index (χ3v) is 5.05. The van der Waals surface area contributed by atoms with Crippen molar-refractivity contribution >= 4 is 27.6 Å². The van der Waals surface area contributed by atoms with Crippen molar-refractivity contribution in [3.63, 3.8) is 0 Å². The number of nitrogens with zero attached hydrogens (tertiary/aromatic N) is 1. The number of hydrogen-bond acceptors (Lipinski definition) is 3. The first-order chi connectivity index (χ1) is 9.87. The van der Waals surface area contributed by atoms with Crippen LogP contribution in [-0.2, 0) is 21.0 Å². The number of carboxylic acids is 1. The molecule has 0 spiro atoms. The lowest BCUT2D eigenvalue weighted by molar-refractivity contribution is -0.141. The van der Waals surface area contributed by atoms with E-state index in [1.165, 1.54) is 6.92 Å². The molecule has 0 fully saturated rings. The molecule has 0 heterocycles. The monoisotopic (exact) mass is 359 g/mol. The van der Waals surface area contributed by atoms with Gasteiger partial charge in [0.2, 0.25) is 10.0 Å². The number of halogens is 4. The summed E-state index contributed by atoms with van der Waals surface area (Å²) in [5, 5.41) is 8.15. The highest BCUT2D eigenvalue weighted by Crippen LogP contribution is 2.36. The van der Waals surface area contributed by atoms with Crippen molar-refractivity contribution in [2.75, 3.05) is 13.6 Å². The van der Waals surface area contributed by atoms with E-state index in [0.717, 1.165) is 19.2 Å². The van der Waals surface area contributed by atoms with Crippen molar-refractivity contribution < 1.29 is 31.5 Å². The lowest BCUT2D eigenvalue weighted by Gasteiger charge is -2.20. The number of carboxylic acid groups (broad SMARTS) is 1. The lowest BCUT2D eigenvalue weighted by Crippen LogP contribution is -2.33. The lowest BCUT2D eigenvalue weighted by atomic mass is 10.2. The molecule has 1 rings (SSSR count). The molecule has 0 saturated heterocycles. The molecule has 0 aliphatic heterocycles. The summed E-state index contributed by atoms with van der Waals surface area (Å²) in [5.74, 6) is -2.22. The van der Waals surface area contributed by atoms with Crippen LogP contribution in [0.25, 0.3) is 0 Å². The van der Waals surface area contributed by atoms with Crippen molar-refractivity contribution in [1.29, 1.82) is 0 Å². The minimum absolute atomic E-state index is 0.373. The third kappa shape index (κ3) is 4.11. The van der Waals surface area contributed by atoms with E-state index in [0.29, 0.717) is 10.4 Å². The van der Waals surface area contributed by atoms with Gasteiger partial charge in [0.1, 0.15) is 0 Å². The predicted molar refractivity (Wildman–Crippen MR) is 73.1 cm³/mol. The van der Waals surface area contributed by atoms with Crippen LogP contribution in [0.4, 0.5) is 13.2 Å². The SMILES string of the molecule is CC(CN(C)S(=O)(=O)c1ccc(Cl)c(C(F)(F)F)c1)C(=O)O. The largest absolute Gasteiger partial charge is 0.481 e. The van der Waals surface area contributed by atoms with E-state index >= 15 is 0 Å². The number of aliphatic carboxylic acids is 1. The standard InChI is InChI=1S/C12H13ClF3NO4S/c1-7(11(18)19)6-17(2)22(20,21)8-3-4-10(13)9(5-8)12(14,15)16/h3-5,7H,6H2,1-2H3,(H,18,19). The van der Waals surface area contributed by atoms with Gasteiger partial charge in [-0.15, -0.1) is 0 Å². The second-order valence-electron chi connectivity index (χ2n) is 4.66. The topological polar surface area (TPSA) is 74.7 Å². The molecular weight excluding hydrogens is 347 g/mol. The first kappa shape index (κ1) is 18.7. The Hall–Kier alpha value is -1.32. The molecule has 22 heavy (non-hydrogen) atoms. The Morgan fingerprint density at radius 2 is 1.95 bits per heavy atom. The highest BCUT2D eigenvalue weighted by atomic mass is 35.5. The number of hydrogen-bond donors (Lipinski definition) is 1. The van der Waals surface area contributed by atoms with Crippen LogP contribution in [0.3, 0.4) is 0 Å². The maximum absolute atomic E-state index is 12.8. The van der Waals surface area contributed by atoms with Crippen LogP contribution in [0.5, 0.6) is 0 Å². The van der Waals surface area contributed by atoms with Crippen molar-refractivity contribution in [2.24, 2.45) is 5.92 Å². The van der Waals surface area contributed by atoms with E-state index in [1.54, 1.807) is 0 Å². The zero-order chi connectivity index (χ0) is 17.3. The average Bonchev–Trinajstić information content (AvgIpc) is 2.37. The van der Waals surface area contributed by atoms with Gasteiger partial charge >= 0.3 is 12.1 Å². The summed E-state index contributed by atoms with van der Waals surface area (Å²) in [5.41, 5.74) is -1.27. The van der Waals surface area contributed by atoms with Gasteiger partial charge in [-0.25, -0.2) is 12.7 Å². The van der Waals surface area contributed by atoms with Gasteiger partial charge in [0.15, 0.2) is 0 Å². The molecule has 0 bridgehead atoms. The quantitative estimate of drug-likeness (QED) is 0.877. The molecule has 10 heteroatoms. The van der Waals surface area contributed by atoms with Crippen molar-refractivity contribution in [3.05, 3.63) is 28.8 Å². The van der Waals surface area contributed by atoms with E-state index in [1.807, 2.05) is 0 Å². The number of carbonyl (C=O) groups is 1. The number of rotatable bonds is 5. The van der Waals surface area contributed by atoms with Crippen LogP contribution in [-0.4, -0.2) is 37.4 Å².